The van der Waals surface area contributed by atoms with Gasteiger partial charge in [0.15, 0.2) is 6.61 Å². The highest BCUT2D eigenvalue weighted by atomic mass is 16.5. The summed E-state index contributed by atoms with van der Waals surface area (Å²) in [7, 11) is 1.56. The van der Waals surface area contributed by atoms with E-state index in [1.165, 1.54) is 6.07 Å². The van der Waals surface area contributed by atoms with Gasteiger partial charge in [-0.2, -0.15) is 0 Å². The molecule has 24 heavy (non-hydrogen) atoms. The predicted octanol–water partition coefficient (Wildman–Crippen LogP) is 0.909. The van der Waals surface area contributed by atoms with E-state index in [0.717, 1.165) is 11.8 Å². The van der Waals surface area contributed by atoms with Crippen LogP contribution in [0.1, 0.15) is 12.8 Å². The van der Waals surface area contributed by atoms with Crippen LogP contribution in [0.2, 0.25) is 0 Å². The zero-order chi connectivity index (χ0) is 17.1. The van der Waals surface area contributed by atoms with Crippen LogP contribution in [0.25, 0.3) is 11.0 Å². The van der Waals surface area contributed by atoms with Gasteiger partial charge in [-0.05, 0) is 31.0 Å². The Kier molecular flexibility index (Phi) is 4.50. The lowest BCUT2D eigenvalue weighted by atomic mass is 10.2. The van der Waals surface area contributed by atoms with E-state index in [0.29, 0.717) is 24.3 Å². The number of likely N-dealkylation sites (tertiary alicyclic amines) is 1. The molecule has 1 saturated heterocycles. The third-order valence-electron chi connectivity index (χ3n) is 4.08. The van der Waals surface area contributed by atoms with Gasteiger partial charge in [-0.25, -0.2) is 4.79 Å². The second kappa shape index (κ2) is 6.74. The molecule has 1 unspecified atom stereocenters. The first kappa shape index (κ1) is 16.0. The highest BCUT2D eigenvalue weighted by Crippen LogP contribution is 2.21. The SMILES string of the molecule is CNC(=O)C1CCCN1C(=O)COc1ccc2ccc(=O)oc2c1. The summed E-state index contributed by atoms with van der Waals surface area (Å²) in [5.41, 5.74) is -0.0435. The van der Waals surface area contributed by atoms with Crippen molar-refractivity contribution in [1.29, 1.82) is 0 Å². The minimum Gasteiger partial charge on any atom is -0.484 e. The molecule has 7 heteroatoms. The molecule has 126 valence electrons. The second-order valence-corrected chi connectivity index (χ2v) is 5.60. The van der Waals surface area contributed by atoms with Crippen LogP contribution in [0.5, 0.6) is 5.75 Å². The Balaban J connectivity index is 1.67. The number of ether oxygens (including phenoxy) is 1. The molecule has 2 aromatic rings. The lowest BCUT2D eigenvalue weighted by Gasteiger charge is -2.23. The van der Waals surface area contributed by atoms with Crippen molar-refractivity contribution >= 4 is 22.8 Å². The van der Waals surface area contributed by atoms with Crippen molar-refractivity contribution in [3.63, 3.8) is 0 Å². The Hall–Kier alpha value is -2.83. The molecule has 0 spiro atoms. The number of benzene rings is 1. The van der Waals surface area contributed by atoms with E-state index in [1.54, 1.807) is 36.2 Å². The van der Waals surface area contributed by atoms with Crippen molar-refractivity contribution in [3.05, 3.63) is 40.8 Å². The van der Waals surface area contributed by atoms with E-state index in [1.807, 2.05) is 0 Å². The number of rotatable bonds is 4. The van der Waals surface area contributed by atoms with Gasteiger partial charge < -0.3 is 19.4 Å². The van der Waals surface area contributed by atoms with E-state index >= 15 is 0 Å². The van der Waals surface area contributed by atoms with Gasteiger partial charge in [0, 0.05) is 31.1 Å². The standard InChI is InChI=1S/C17H18N2O5/c1-18-17(22)13-3-2-8-19(13)15(20)10-23-12-6-4-11-5-7-16(21)24-14(11)9-12/h4-7,9,13H,2-3,8,10H2,1H3,(H,18,22). The first-order valence-corrected chi connectivity index (χ1v) is 7.76. The number of hydrogen-bond donors (Lipinski definition) is 1. The number of amides is 2. The molecule has 3 rings (SSSR count). The number of nitrogens with one attached hydrogen (secondary N) is 1. The summed E-state index contributed by atoms with van der Waals surface area (Å²) in [6.45, 7) is 0.378. The van der Waals surface area contributed by atoms with Crippen molar-refractivity contribution in [1.82, 2.24) is 10.2 Å². The molecular weight excluding hydrogens is 312 g/mol. The van der Waals surface area contributed by atoms with Gasteiger partial charge in [0.1, 0.15) is 17.4 Å². The van der Waals surface area contributed by atoms with Crippen LogP contribution in [0.15, 0.2) is 39.5 Å². The van der Waals surface area contributed by atoms with Crippen LogP contribution in [-0.2, 0) is 9.59 Å². The van der Waals surface area contributed by atoms with E-state index in [9.17, 15) is 14.4 Å². The first-order valence-electron chi connectivity index (χ1n) is 7.76. The highest BCUT2D eigenvalue weighted by molar-refractivity contribution is 5.88. The molecule has 1 aromatic heterocycles. The second-order valence-electron chi connectivity index (χ2n) is 5.60. The summed E-state index contributed by atoms with van der Waals surface area (Å²) in [6.07, 6.45) is 1.46. The third-order valence-corrected chi connectivity index (χ3v) is 4.08. The smallest absolute Gasteiger partial charge is 0.336 e. The Bertz CT molecular complexity index is 829. The average Bonchev–Trinajstić information content (AvgIpc) is 3.08. The highest BCUT2D eigenvalue weighted by Gasteiger charge is 2.33. The maximum Gasteiger partial charge on any atom is 0.336 e. The lowest BCUT2D eigenvalue weighted by molar-refractivity contribution is -0.139. The maximum atomic E-state index is 12.3. The Morgan fingerprint density at radius 3 is 2.92 bits per heavy atom. The number of nitrogens with zero attached hydrogens (tertiary/aromatic N) is 1. The molecule has 7 nitrogen and oxygen atoms in total. The van der Waals surface area contributed by atoms with E-state index in [-0.39, 0.29) is 18.4 Å². The van der Waals surface area contributed by atoms with Gasteiger partial charge >= 0.3 is 5.63 Å². The van der Waals surface area contributed by atoms with E-state index < -0.39 is 11.7 Å². The summed E-state index contributed by atoms with van der Waals surface area (Å²) in [6, 6.07) is 7.61. The van der Waals surface area contributed by atoms with Crippen LogP contribution in [-0.4, -0.2) is 43.0 Å². The number of likely N-dealkylation sites (N-methyl/N-ethyl adjacent to an activating group) is 1. The van der Waals surface area contributed by atoms with Gasteiger partial charge in [-0.15, -0.1) is 0 Å². The molecule has 0 saturated carbocycles. The molecule has 1 atom stereocenters. The number of carbonyl (C=O) groups excluding carboxylic acids is 2. The minimum atomic E-state index is -0.443. The van der Waals surface area contributed by atoms with Crippen LogP contribution < -0.4 is 15.7 Å². The van der Waals surface area contributed by atoms with Crippen LogP contribution in [0.3, 0.4) is 0 Å². The van der Waals surface area contributed by atoms with Gasteiger partial charge in [0.2, 0.25) is 5.91 Å². The first-order chi connectivity index (χ1) is 11.6. The quantitative estimate of drug-likeness (QED) is 0.842. The number of hydrogen-bond acceptors (Lipinski definition) is 5. The summed E-state index contributed by atoms with van der Waals surface area (Å²) < 4.78 is 10.6. The number of fused-ring (bicyclic) bond motifs is 1. The average molecular weight is 330 g/mol. The van der Waals surface area contributed by atoms with Gasteiger partial charge in [0.25, 0.3) is 5.91 Å². The molecule has 1 aliphatic heterocycles. The molecular formula is C17H18N2O5. The molecule has 0 aliphatic carbocycles. The zero-order valence-electron chi connectivity index (χ0n) is 13.3. The fourth-order valence-electron chi connectivity index (χ4n) is 2.86. The lowest BCUT2D eigenvalue weighted by Crippen LogP contribution is -2.46. The van der Waals surface area contributed by atoms with Crippen LogP contribution in [0.4, 0.5) is 0 Å². The molecule has 0 radical (unpaired) electrons. The molecule has 0 bridgehead atoms. The van der Waals surface area contributed by atoms with Crippen molar-refractivity contribution in [2.75, 3.05) is 20.2 Å². The Morgan fingerprint density at radius 2 is 2.12 bits per heavy atom. The third kappa shape index (κ3) is 3.24. The summed E-state index contributed by atoms with van der Waals surface area (Å²) >= 11 is 0. The van der Waals surface area contributed by atoms with Gasteiger partial charge in [0.05, 0.1) is 0 Å². The normalized spacial score (nSPS) is 17.0. The monoisotopic (exact) mass is 330 g/mol. The van der Waals surface area contributed by atoms with E-state index in [2.05, 4.69) is 5.32 Å². The van der Waals surface area contributed by atoms with Gasteiger partial charge in [-0.3, -0.25) is 9.59 Å². The molecule has 1 aromatic carbocycles. The predicted molar refractivity (Wildman–Crippen MR) is 86.8 cm³/mol. The summed E-state index contributed by atoms with van der Waals surface area (Å²) in [5, 5.41) is 3.35. The molecule has 2 heterocycles. The van der Waals surface area contributed by atoms with Crippen LogP contribution in [0, 0.1) is 0 Å². The fourth-order valence-corrected chi connectivity index (χ4v) is 2.86. The largest absolute Gasteiger partial charge is 0.484 e. The molecule has 1 aliphatic rings. The maximum absolute atomic E-state index is 12.3. The molecule has 2 amide bonds. The van der Waals surface area contributed by atoms with Crippen molar-refractivity contribution in [2.24, 2.45) is 0 Å². The Labute approximate surface area is 138 Å². The zero-order valence-corrected chi connectivity index (χ0v) is 13.3. The molecule has 1 N–H and O–H groups in total. The Morgan fingerprint density at radius 1 is 1.33 bits per heavy atom. The minimum absolute atomic E-state index is 0.159. The topological polar surface area (TPSA) is 88.9 Å². The number of carbonyl (C=O) groups is 2. The van der Waals surface area contributed by atoms with Crippen molar-refractivity contribution < 1.29 is 18.7 Å². The van der Waals surface area contributed by atoms with Gasteiger partial charge in [-0.1, -0.05) is 0 Å². The van der Waals surface area contributed by atoms with Crippen LogP contribution >= 0.6 is 0 Å². The van der Waals surface area contributed by atoms with E-state index in [4.69, 9.17) is 9.15 Å². The summed E-state index contributed by atoms with van der Waals surface area (Å²) in [5.74, 6) is 0.0323. The van der Waals surface area contributed by atoms with Crippen molar-refractivity contribution in [2.45, 2.75) is 18.9 Å². The van der Waals surface area contributed by atoms with Crippen molar-refractivity contribution in [3.8, 4) is 5.75 Å². The summed E-state index contributed by atoms with van der Waals surface area (Å²) in [4.78, 5) is 36.9. The fraction of sp³-hybridized carbons (Fsp3) is 0.353. The molecule has 1 fully saturated rings.